The predicted octanol–water partition coefficient (Wildman–Crippen LogP) is 2.70. The minimum atomic E-state index is 0.396. The zero-order valence-electron chi connectivity index (χ0n) is 9.82. The van der Waals surface area contributed by atoms with Gasteiger partial charge in [-0.15, -0.1) is 0 Å². The number of rotatable bonds is 4. The van der Waals surface area contributed by atoms with Crippen molar-refractivity contribution in [3.63, 3.8) is 0 Å². The molecule has 1 aromatic carbocycles. The van der Waals surface area contributed by atoms with Crippen LogP contribution in [0.2, 0.25) is 0 Å². The van der Waals surface area contributed by atoms with Crippen LogP contribution >= 0.6 is 0 Å². The van der Waals surface area contributed by atoms with Crippen molar-refractivity contribution in [3.8, 4) is 0 Å². The van der Waals surface area contributed by atoms with Gasteiger partial charge in [-0.1, -0.05) is 18.2 Å². The summed E-state index contributed by atoms with van der Waals surface area (Å²) in [7, 11) is 0. The lowest BCUT2D eigenvalue weighted by Crippen LogP contribution is -2.25. The molecule has 3 nitrogen and oxygen atoms in total. The molecular formula is C14H17NO2. The molecule has 3 heteroatoms. The summed E-state index contributed by atoms with van der Waals surface area (Å²) < 4.78 is 11.1. The molecule has 1 aromatic heterocycles. The zero-order valence-corrected chi connectivity index (χ0v) is 9.82. The molecule has 1 unspecified atom stereocenters. The van der Waals surface area contributed by atoms with E-state index in [0.717, 1.165) is 25.3 Å². The van der Waals surface area contributed by atoms with Crippen LogP contribution in [-0.4, -0.2) is 19.3 Å². The molecular weight excluding hydrogens is 214 g/mol. The third kappa shape index (κ3) is 2.35. The van der Waals surface area contributed by atoms with Crippen molar-refractivity contribution in [1.29, 1.82) is 0 Å². The normalized spacial score (nSPS) is 20.1. The van der Waals surface area contributed by atoms with E-state index in [1.54, 1.807) is 0 Å². The van der Waals surface area contributed by atoms with Gasteiger partial charge in [0.25, 0.3) is 0 Å². The van der Waals surface area contributed by atoms with E-state index in [1.807, 2.05) is 24.5 Å². The Morgan fingerprint density at radius 1 is 1.29 bits per heavy atom. The van der Waals surface area contributed by atoms with Gasteiger partial charge in [0.05, 0.1) is 12.4 Å². The first-order valence-corrected chi connectivity index (χ1v) is 6.21. The summed E-state index contributed by atoms with van der Waals surface area (Å²) in [6, 6.07) is 8.14. The monoisotopic (exact) mass is 231 g/mol. The maximum atomic E-state index is 5.57. The molecule has 90 valence electrons. The molecule has 0 radical (unpaired) electrons. The molecule has 1 aliphatic heterocycles. The fourth-order valence-electron chi connectivity index (χ4n) is 2.34. The lowest BCUT2D eigenvalue weighted by atomic mass is 10.2. The van der Waals surface area contributed by atoms with E-state index in [4.69, 9.17) is 9.15 Å². The van der Waals surface area contributed by atoms with Gasteiger partial charge >= 0.3 is 0 Å². The first kappa shape index (κ1) is 10.8. The summed E-state index contributed by atoms with van der Waals surface area (Å²) in [6.45, 7) is 2.69. The van der Waals surface area contributed by atoms with Gasteiger partial charge in [0.1, 0.15) is 5.58 Å². The van der Waals surface area contributed by atoms with Crippen LogP contribution in [0.3, 0.4) is 0 Å². The Morgan fingerprint density at radius 2 is 2.24 bits per heavy atom. The van der Waals surface area contributed by atoms with Crippen LogP contribution in [0.4, 0.5) is 0 Å². The smallest absolute Gasteiger partial charge is 0.134 e. The van der Waals surface area contributed by atoms with Gasteiger partial charge in [-0.2, -0.15) is 0 Å². The topological polar surface area (TPSA) is 34.4 Å². The van der Waals surface area contributed by atoms with Gasteiger partial charge in [0.2, 0.25) is 0 Å². The van der Waals surface area contributed by atoms with Crippen LogP contribution in [0.5, 0.6) is 0 Å². The van der Waals surface area contributed by atoms with Crippen molar-refractivity contribution in [2.45, 2.75) is 25.5 Å². The number of furan rings is 1. The molecule has 1 atom stereocenters. The Balaban J connectivity index is 1.60. The van der Waals surface area contributed by atoms with Crippen LogP contribution in [0.25, 0.3) is 11.0 Å². The van der Waals surface area contributed by atoms with E-state index >= 15 is 0 Å². The average Bonchev–Trinajstić information content (AvgIpc) is 2.99. The average molecular weight is 231 g/mol. The standard InChI is InChI=1S/C14H17NO2/c1-2-6-14-13(5-1)11(10-17-14)8-15-9-12-4-3-7-16-12/h1-2,5-6,10,12,15H,3-4,7-9H2. The lowest BCUT2D eigenvalue weighted by molar-refractivity contribution is 0.110. The van der Waals surface area contributed by atoms with Crippen LogP contribution in [0.1, 0.15) is 18.4 Å². The SMILES string of the molecule is c1ccc2c(CNCC3CCCO3)coc2c1. The second kappa shape index (κ2) is 4.90. The highest BCUT2D eigenvalue weighted by molar-refractivity contribution is 5.80. The van der Waals surface area contributed by atoms with Crippen molar-refractivity contribution in [1.82, 2.24) is 5.32 Å². The molecule has 0 amide bonds. The van der Waals surface area contributed by atoms with E-state index in [1.165, 1.54) is 23.8 Å². The molecule has 17 heavy (non-hydrogen) atoms. The van der Waals surface area contributed by atoms with E-state index in [9.17, 15) is 0 Å². The van der Waals surface area contributed by atoms with Crippen molar-refractivity contribution in [2.24, 2.45) is 0 Å². The Labute approximate surface area is 101 Å². The largest absolute Gasteiger partial charge is 0.464 e. The molecule has 1 saturated heterocycles. The second-order valence-electron chi connectivity index (χ2n) is 4.52. The predicted molar refractivity (Wildman–Crippen MR) is 66.9 cm³/mol. The van der Waals surface area contributed by atoms with E-state index in [-0.39, 0.29) is 0 Å². The van der Waals surface area contributed by atoms with Crippen molar-refractivity contribution < 1.29 is 9.15 Å². The quantitative estimate of drug-likeness (QED) is 0.878. The number of hydrogen-bond donors (Lipinski definition) is 1. The second-order valence-corrected chi connectivity index (χ2v) is 4.52. The van der Waals surface area contributed by atoms with Crippen LogP contribution in [0, 0.1) is 0 Å². The van der Waals surface area contributed by atoms with Crippen molar-refractivity contribution in [2.75, 3.05) is 13.2 Å². The van der Waals surface area contributed by atoms with Gasteiger partial charge in [-0.25, -0.2) is 0 Å². The number of para-hydroxylation sites is 1. The molecule has 2 heterocycles. The number of benzene rings is 1. The van der Waals surface area contributed by atoms with Gasteiger partial charge in [0, 0.05) is 30.6 Å². The summed E-state index contributed by atoms with van der Waals surface area (Å²) in [5.74, 6) is 0. The van der Waals surface area contributed by atoms with Crippen LogP contribution < -0.4 is 5.32 Å². The highest BCUT2D eigenvalue weighted by Crippen LogP contribution is 2.20. The third-order valence-corrected chi connectivity index (χ3v) is 3.27. The number of fused-ring (bicyclic) bond motifs is 1. The molecule has 0 bridgehead atoms. The van der Waals surface area contributed by atoms with Crippen molar-refractivity contribution in [3.05, 3.63) is 36.1 Å². The Kier molecular flexibility index (Phi) is 3.12. The molecule has 1 aliphatic rings. The molecule has 0 aliphatic carbocycles. The fourth-order valence-corrected chi connectivity index (χ4v) is 2.34. The van der Waals surface area contributed by atoms with E-state index in [0.29, 0.717) is 6.10 Å². The summed E-state index contributed by atoms with van der Waals surface area (Å²) in [4.78, 5) is 0. The first-order chi connectivity index (χ1) is 8.43. The molecule has 0 saturated carbocycles. The van der Waals surface area contributed by atoms with Gasteiger partial charge in [0.15, 0.2) is 0 Å². The molecule has 2 aromatic rings. The minimum Gasteiger partial charge on any atom is -0.464 e. The van der Waals surface area contributed by atoms with Crippen LogP contribution in [0.15, 0.2) is 34.9 Å². The van der Waals surface area contributed by atoms with Crippen LogP contribution in [-0.2, 0) is 11.3 Å². The van der Waals surface area contributed by atoms with Gasteiger partial charge < -0.3 is 14.5 Å². The number of ether oxygens (including phenoxy) is 1. The van der Waals surface area contributed by atoms with Gasteiger partial charge in [-0.3, -0.25) is 0 Å². The first-order valence-electron chi connectivity index (χ1n) is 6.21. The molecule has 1 N–H and O–H groups in total. The summed E-state index contributed by atoms with van der Waals surface area (Å²) in [6.07, 6.45) is 4.61. The molecule has 3 rings (SSSR count). The highest BCUT2D eigenvalue weighted by atomic mass is 16.5. The maximum absolute atomic E-state index is 5.57. The van der Waals surface area contributed by atoms with Crippen molar-refractivity contribution >= 4 is 11.0 Å². The zero-order chi connectivity index (χ0) is 11.5. The third-order valence-electron chi connectivity index (χ3n) is 3.27. The number of nitrogens with one attached hydrogen (secondary N) is 1. The van der Waals surface area contributed by atoms with E-state index in [2.05, 4.69) is 11.4 Å². The fraction of sp³-hybridized carbons (Fsp3) is 0.429. The Bertz CT molecular complexity index is 486. The summed E-state index contributed by atoms with van der Waals surface area (Å²) in [5, 5.41) is 4.64. The number of hydrogen-bond acceptors (Lipinski definition) is 3. The summed E-state index contributed by atoms with van der Waals surface area (Å²) >= 11 is 0. The Morgan fingerprint density at radius 3 is 3.12 bits per heavy atom. The molecule has 0 spiro atoms. The van der Waals surface area contributed by atoms with E-state index < -0.39 is 0 Å². The van der Waals surface area contributed by atoms with Gasteiger partial charge in [-0.05, 0) is 18.9 Å². The molecule has 1 fully saturated rings. The highest BCUT2D eigenvalue weighted by Gasteiger charge is 2.14. The summed E-state index contributed by atoms with van der Waals surface area (Å²) in [5.41, 5.74) is 2.18. The maximum Gasteiger partial charge on any atom is 0.134 e. The minimum absolute atomic E-state index is 0.396. The Hall–Kier alpha value is -1.32. The lowest BCUT2D eigenvalue weighted by Gasteiger charge is -2.09.